The van der Waals surface area contributed by atoms with Gasteiger partial charge in [-0.3, -0.25) is 9.69 Å². The van der Waals surface area contributed by atoms with Gasteiger partial charge < -0.3 is 14.5 Å². The first-order valence-electron chi connectivity index (χ1n) is 7.67. The maximum absolute atomic E-state index is 12.6. The molecule has 1 aliphatic rings. The Morgan fingerprint density at radius 2 is 2.05 bits per heavy atom. The van der Waals surface area contributed by atoms with Crippen molar-refractivity contribution in [3.8, 4) is 0 Å². The first-order valence-corrected chi connectivity index (χ1v) is 7.67. The van der Waals surface area contributed by atoms with E-state index in [-0.39, 0.29) is 30.1 Å². The number of morpholine rings is 1. The van der Waals surface area contributed by atoms with Crippen molar-refractivity contribution in [3.63, 3.8) is 0 Å². The second-order valence-electron chi connectivity index (χ2n) is 6.20. The maximum Gasteiger partial charge on any atom is 0.238 e. The Morgan fingerprint density at radius 1 is 1.38 bits per heavy atom. The minimum atomic E-state index is -0.131. The standard InChI is InChI=1S/C16H26N2O3/c1-11(2)15(18-9-12(3)21-13(4)10-18)16(19)17-8-14-6-5-7-20-14/h5-7,11-13,15H,8-10H2,1-4H3,(H,17,19)/t12-,13+,15-/m1/s1. The first kappa shape index (κ1) is 16.0. The molecule has 0 aromatic carbocycles. The Kier molecular flexibility index (Phi) is 5.42. The van der Waals surface area contributed by atoms with Crippen LogP contribution in [0.4, 0.5) is 0 Å². The highest BCUT2D eigenvalue weighted by atomic mass is 16.5. The zero-order chi connectivity index (χ0) is 15.4. The molecule has 0 spiro atoms. The number of carbonyl (C=O) groups is 1. The molecule has 21 heavy (non-hydrogen) atoms. The van der Waals surface area contributed by atoms with Gasteiger partial charge in [0.25, 0.3) is 0 Å². The van der Waals surface area contributed by atoms with Crippen LogP contribution in [0.15, 0.2) is 22.8 Å². The number of hydrogen-bond acceptors (Lipinski definition) is 4. The minimum Gasteiger partial charge on any atom is -0.467 e. The predicted molar refractivity (Wildman–Crippen MR) is 80.8 cm³/mol. The van der Waals surface area contributed by atoms with Gasteiger partial charge >= 0.3 is 0 Å². The van der Waals surface area contributed by atoms with Gasteiger partial charge in [0.1, 0.15) is 5.76 Å². The van der Waals surface area contributed by atoms with Crippen LogP contribution in [0.25, 0.3) is 0 Å². The Balaban J connectivity index is 1.98. The fourth-order valence-electron chi connectivity index (χ4n) is 3.03. The number of hydrogen-bond donors (Lipinski definition) is 1. The van der Waals surface area contributed by atoms with Gasteiger partial charge in [0.2, 0.25) is 5.91 Å². The number of amides is 1. The summed E-state index contributed by atoms with van der Waals surface area (Å²) in [6.07, 6.45) is 1.94. The van der Waals surface area contributed by atoms with Crippen LogP contribution in [0.2, 0.25) is 0 Å². The summed E-state index contributed by atoms with van der Waals surface area (Å²) in [7, 11) is 0. The SMILES string of the molecule is CC(C)[C@H](C(=O)NCc1ccco1)N1C[C@@H](C)O[C@@H](C)C1. The topological polar surface area (TPSA) is 54.7 Å². The zero-order valence-electron chi connectivity index (χ0n) is 13.3. The first-order chi connectivity index (χ1) is 9.97. The van der Waals surface area contributed by atoms with E-state index in [0.717, 1.165) is 18.8 Å². The van der Waals surface area contributed by atoms with Crippen molar-refractivity contribution >= 4 is 5.91 Å². The second-order valence-corrected chi connectivity index (χ2v) is 6.20. The van der Waals surface area contributed by atoms with E-state index in [4.69, 9.17) is 9.15 Å². The summed E-state index contributed by atoms with van der Waals surface area (Å²) in [4.78, 5) is 14.8. The average molecular weight is 294 g/mol. The van der Waals surface area contributed by atoms with E-state index in [2.05, 4.69) is 37.9 Å². The van der Waals surface area contributed by atoms with Crippen molar-refractivity contribution in [1.29, 1.82) is 0 Å². The third-order valence-electron chi connectivity index (χ3n) is 3.76. The summed E-state index contributed by atoms with van der Waals surface area (Å²) >= 11 is 0. The predicted octanol–water partition coefficient (Wildman–Crippen LogP) is 2.03. The van der Waals surface area contributed by atoms with Gasteiger partial charge in [0.15, 0.2) is 0 Å². The average Bonchev–Trinajstić information content (AvgIpc) is 2.87. The molecule has 1 N–H and O–H groups in total. The molecule has 2 rings (SSSR count). The highest BCUT2D eigenvalue weighted by Gasteiger charge is 2.33. The molecule has 1 aromatic rings. The molecule has 0 aliphatic carbocycles. The molecule has 3 atom stereocenters. The third kappa shape index (κ3) is 4.32. The fraction of sp³-hybridized carbons (Fsp3) is 0.688. The summed E-state index contributed by atoms with van der Waals surface area (Å²) in [5.74, 6) is 1.08. The van der Waals surface area contributed by atoms with Gasteiger partial charge in [0.05, 0.1) is 31.1 Å². The smallest absolute Gasteiger partial charge is 0.238 e. The fourth-order valence-corrected chi connectivity index (χ4v) is 3.03. The summed E-state index contributed by atoms with van der Waals surface area (Å²) < 4.78 is 11.0. The van der Waals surface area contributed by atoms with Gasteiger partial charge in [-0.1, -0.05) is 13.8 Å². The van der Waals surface area contributed by atoms with E-state index in [9.17, 15) is 4.79 Å². The van der Waals surface area contributed by atoms with Crippen molar-refractivity contribution in [2.45, 2.75) is 52.5 Å². The van der Waals surface area contributed by atoms with Crippen LogP contribution < -0.4 is 5.32 Å². The van der Waals surface area contributed by atoms with Crippen LogP contribution in [0, 0.1) is 5.92 Å². The van der Waals surface area contributed by atoms with Crippen LogP contribution in [-0.4, -0.2) is 42.1 Å². The van der Waals surface area contributed by atoms with Gasteiger partial charge in [-0.2, -0.15) is 0 Å². The second kappa shape index (κ2) is 7.09. The molecule has 0 bridgehead atoms. The van der Waals surface area contributed by atoms with Gasteiger partial charge in [-0.15, -0.1) is 0 Å². The van der Waals surface area contributed by atoms with Crippen LogP contribution >= 0.6 is 0 Å². The number of carbonyl (C=O) groups excluding carboxylic acids is 1. The molecule has 5 nitrogen and oxygen atoms in total. The maximum atomic E-state index is 12.6. The van der Waals surface area contributed by atoms with Gasteiger partial charge in [-0.25, -0.2) is 0 Å². The zero-order valence-corrected chi connectivity index (χ0v) is 13.3. The monoisotopic (exact) mass is 294 g/mol. The van der Waals surface area contributed by atoms with E-state index in [1.807, 2.05) is 12.1 Å². The molecule has 1 aromatic heterocycles. The molecule has 0 saturated carbocycles. The summed E-state index contributed by atoms with van der Waals surface area (Å²) in [6.45, 7) is 10.3. The van der Waals surface area contributed by atoms with E-state index in [1.165, 1.54) is 0 Å². The number of furan rings is 1. The lowest BCUT2D eigenvalue weighted by molar-refractivity contribution is -0.135. The molecular weight excluding hydrogens is 268 g/mol. The van der Waals surface area contributed by atoms with Crippen molar-refractivity contribution in [2.75, 3.05) is 13.1 Å². The number of nitrogens with one attached hydrogen (secondary N) is 1. The Morgan fingerprint density at radius 3 is 2.57 bits per heavy atom. The van der Waals surface area contributed by atoms with Crippen molar-refractivity contribution in [3.05, 3.63) is 24.2 Å². The number of ether oxygens (including phenoxy) is 1. The normalized spacial score (nSPS) is 25.0. The Bertz CT molecular complexity index is 434. The molecule has 1 amide bonds. The van der Waals surface area contributed by atoms with Gasteiger partial charge in [0, 0.05) is 13.1 Å². The molecule has 2 heterocycles. The van der Waals surface area contributed by atoms with Crippen molar-refractivity contribution in [1.82, 2.24) is 10.2 Å². The quantitative estimate of drug-likeness (QED) is 0.903. The Labute approximate surface area is 126 Å². The molecule has 1 fully saturated rings. The molecule has 5 heteroatoms. The summed E-state index contributed by atoms with van der Waals surface area (Å²) in [6, 6.07) is 3.56. The molecule has 1 aliphatic heterocycles. The Hall–Kier alpha value is -1.33. The van der Waals surface area contributed by atoms with E-state index >= 15 is 0 Å². The molecule has 1 saturated heterocycles. The van der Waals surface area contributed by atoms with E-state index in [0.29, 0.717) is 6.54 Å². The van der Waals surface area contributed by atoms with Crippen LogP contribution in [-0.2, 0) is 16.1 Å². The lowest BCUT2D eigenvalue weighted by Crippen LogP contribution is -2.56. The third-order valence-corrected chi connectivity index (χ3v) is 3.76. The molecule has 0 unspecified atom stereocenters. The van der Waals surface area contributed by atoms with E-state index < -0.39 is 0 Å². The summed E-state index contributed by atoms with van der Waals surface area (Å²) in [5.41, 5.74) is 0. The lowest BCUT2D eigenvalue weighted by atomic mass is 9.99. The van der Waals surface area contributed by atoms with Gasteiger partial charge in [-0.05, 0) is 31.9 Å². The molecular formula is C16H26N2O3. The largest absolute Gasteiger partial charge is 0.467 e. The molecule has 0 radical (unpaired) electrons. The number of rotatable bonds is 5. The van der Waals surface area contributed by atoms with Crippen LogP contribution in [0.3, 0.4) is 0 Å². The minimum absolute atomic E-state index is 0.0581. The van der Waals surface area contributed by atoms with Crippen molar-refractivity contribution < 1.29 is 13.9 Å². The number of nitrogens with zero attached hydrogens (tertiary/aromatic N) is 1. The van der Waals surface area contributed by atoms with E-state index in [1.54, 1.807) is 6.26 Å². The lowest BCUT2D eigenvalue weighted by Gasteiger charge is -2.40. The van der Waals surface area contributed by atoms with Crippen LogP contribution in [0.1, 0.15) is 33.5 Å². The molecule has 118 valence electrons. The summed E-state index contributed by atoms with van der Waals surface area (Å²) in [5, 5.41) is 2.98. The highest BCUT2D eigenvalue weighted by molar-refractivity contribution is 5.82. The van der Waals surface area contributed by atoms with Crippen LogP contribution in [0.5, 0.6) is 0 Å². The van der Waals surface area contributed by atoms with Crippen molar-refractivity contribution in [2.24, 2.45) is 5.92 Å². The highest BCUT2D eigenvalue weighted by Crippen LogP contribution is 2.18.